The summed E-state index contributed by atoms with van der Waals surface area (Å²) in [5, 5.41) is 0. The minimum Gasteiger partial charge on any atom is -0.399 e. The molecule has 1 aliphatic rings. The van der Waals surface area contributed by atoms with E-state index >= 15 is 0 Å². The minimum absolute atomic E-state index is 0.0534. The van der Waals surface area contributed by atoms with Crippen LogP contribution in [0.15, 0.2) is 24.3 Å². The SMILES string of the molecule is [C-]#[N+]C(CC)c1ccc(B2OC(C)(C)C(C)(C)O2)cc1. The van der Waals surface area contributed by atoms with Gasteiger partial charge in [-0.2, -0.15) is 0 Å². The zero-order valence-corrected chi connectivity index (χ0v) is 12.9. The first-order valence-corrected chi connectivity index (χ1v) is 7.13. The molecule has 0 amide bonds. The van der Waals surface area contributed by atoms with Gasteiger partial charge in [0.05, 0.1) is 11.2 Å². The Kier molecular flexibility index (Phi) is 3.95. The van der Waals surface area contributed by atoms with Gasteiger partial charge in [-0.1, -0.05) is 31.2 Å². The van der Waals surface area contributed by atoms with Gasteiger partial charge in [-0.3, -0.25) is 0 Å². The lowest BCUT2D eigenvalue weighted by molar-refractivity contribution is 0.00578. The maximum Gasteiger partial charge on any atom is 0.494 e. The topological polar surface area (TPSA) is 22.8 Å². The van der Waals surface area contributed by atoms with Crippen LogP contribution in [0.5, 0.6) is 0 Å². The molecule has 1 aromatic carbocycles. The number of rotatable bonds is 3. The van der Waals surface area contributed by atoms with Crippen molar-refractivity contribution in [3.8, 4) is 0 Å². The van der Waals surface area contributed by atoms with Crippen molar-refractivity contribution in [1.82, 2.24) is 0 Å². The van der Waals surface area contributed by atoms with Crippen molar-refractivity contribution in [3.05, 3.63) is 41.2 Å². The van der Waals surface area contributed by atoms with Gasteiger partial charge in [-0.05, 0) is 33.2 Å². The lowest BCUT2D eigenvalue weighted by Crippen LogP contribution is -2.41. The predicted octanol–water partition coefficient (Wildman–Crippen LogP) is 3.36. The standard InChI is InChI=1S/C16H22BNO2/c1-7-14(18-6)12-8-10-13(11-9-12)17-19-15(2,3)16(4,5)20-17/h8-11,14H,7H2,1-5H3. The molecule has 0 aromatic heterocycles. The maximum atomic E-state index is 7.20. The van der Waals surface area contributed by atoms with Crippen LogP contribution >= 0.6 is 0 Å². The van der Waals surface area contributed by atoms with Crippen molar-refractivity contribution in [3.63, 3.8) is 0 Å². The summed E-state index contributed by atoms with van der Waals surface area (Å²) >= 11 is 0. The average molecular weight is 271 g/mol. The maximum absolute atomic E-state index is 7.20. The van der Waals surface area contributed by atoms with Crippen LogP contribution in [0.4, 0.5) is 0 Å². The van der Waals surface area contributed by atoms with Crippen molar-refractivity contribution in [2.24, 2.45) is 0 Å². The lowest BCUT2D eigenvalue weighted by atomic mass is 9.78. The van der Waals surface area contributed by atoms with Crippen LogP contribution in [-0.2, 0) is 9.31 Å². The first kappa shape index (κ1) is 15.1. The normalized spacial score (nSPS) is 21.5. The molecular formula is C16H22BNO2. The van der Waals surface area contributed by atoms with Crippen molar-refractivity contribution in [1.29, 1.82) is 0 Å². The van der Waals surface area contributed by atoms with Gasteiger partial charge in [0.1, 0.15) is 0 Å². The number of hydrogen-bond donors (Lipinski definition) is 0. The monoisotopic (exact) mass is 271 g/mol. The molecule has 20 heavy (non-hydrogen) atoms. The van der Waals surface area contributed by atoms with Crippen LogP contribution in [-0.4, -0.2) is 18.3 Å². The molecule has 3 nitrogen and oxygen atoms in total. The van der Waals surface area contributed by atoms with Crippen LogP contribution < -0.4 is 5.46 Å². The number of hydrogen-bond acceptors (Lipinski definition) is 2. The first-order chi connectivity index (χ1) is 9.30. The second-order valence-corrected chi connectivity index (χ2v) is 6.31. The summed E-state index contributed by atoms with van der Waals surface area (Å²) in [6.45, 7) is 17.4. The fraction of sp³-hybridized carbons (Fsp3) is 0.562. The summed E-state index contributed by atoms with van der Waals surface area (Å²) in [6.07, 6.45) is 0.833. The van der Waals surface area contributed by atoms with E-state index in [9.17, 15) is 0 Å². The van der Waals surface area contributed by atoms with Crippen molar-refractivity contribution in [2.45, 2.75) is 58.3 Å². The van der Waals surface area contributed by atoms with Gasteiger partial charge in [0.2, 0.25) is 6.04 Å². The van der Waals surface area contributed by atoms with Crippen LogP contribution in [0.1, 0.15) is 52.6 Å². The summed E-state index contributed by atoms with van der Waals surface area (Å²) in [7, 11) is -0.331. The molecule has 1 aliphatic heterocycles. The van der Waals surface area contributed by atoms with Gasteiger partial charge in [0, 0.05) is 12.0 Å². The molecule has 1 heterocycles. The largest absolute Gasteiger partial charge is 0.494 e. The number of benzene rings is 1. The zero-order chi connectivity index (χ0) is 15.0. The highest BCUT2D eigenvalue weighted by atomic mass is 16.7. The van der Waals surface area contributed by atoms with Crippen LogP contribution in [0.3, 0.4) is 0 Å². The highest BCUT2D eigenvalue weighted by Gasteiger charge is 2.51. The molecule has 106 valence electrons. The highest BCUT2D eigenvalue weighted by Crippen LogP contribution is 2.36. The molecule has 1 atom stereocenters. The second-order valence-electron chi connectivity index (χ2n) is 6.31. The first-order valence-electron chi connectivity index (χ1n) is 7.13. The Hall–Kier alpha value is -1.31. The fourth-order valence-electron chi connectivity index (χ4n) is 2.26. The smallest absolute Gasteiger partial charge is 0.399 e. The van der Waals surface area contributed by atoms with E-state index in [-0.39, 0.29) is 24.4 Å². The molecule has 4 heteroatoms. The lowest BCUT2D eigenvalue weighted by Gasteiger charge is -2.32. The molecule has 0 saturated carbocycles. The van der Waals surface area contributed by atoms with E-state index in [2.05, 4.69) is 4.85 Å². The van der Waals surface area contributed by atoms with Crippen molar-refractivity contribution >= 4 is 12.6 Å². The average Bonchev–Trinajstić information content (AvgIpc) is 2.61. The van der Waals surface area contributed by atoms with Gasteiger partial charge in [0.25, 0.3) is 0 Å². The molecule has 1 saturated heterocycles. The molecule has 0 bridgehead atoms. The van der Waals surface area contributed by atoms with E-state index in [0.717, 1.165) is 17.4 Å². The Morgan fingerprint density at radius 2 is 1.60 bits per heavy atom. The number of nitrogens with zero attached hydrogens (tertiary/aromatic N) is 1. The molecule has 1 fully saturated rings. The van der Waals surface area contributed by atoms with Gasteiger partial charge in [-0.15, -0.1) is 0 Å². The summed E-state index contributed by atoms with van der Waals surface area (Å²) in [5.41, 5.74) is 1.42. The Balaban J connectivity index is 2.19. The third-order valence-electron chi connectivity index (χ3n) is 4.39. The van der Waals surface area contributed by atoms with Crippen molar-refractivity contribution < 1.29 is 9.31 Å². The third kappa shape index (κ3) is 2.61. The van der Waals surface area contributed by atoms with Crippen molar-refractivity contribution in [2.75, 3.05) is 0 Å². The van der Waals surface area contributed by atoms with Gasteiger partial charge in [0.15, 0.2) is 0 Å². The van der Waals surface area contributed by atoms with Gasteiger partial charge in [-0.25, -0.2) is 6.57 Å². The third-order valence-corrected chi connectivity index (χ3v) is 4.39. The van der Waals surface area contributed by atoms with E-state index in [0.29, 0.717) is 0 Å². The van der Waals surface area contributed by atoms with Gasteiger partial charge < -0.3 is 14.2 Å². The molecular weight excluding hydrogens is 249 g/mol. The molecule has 0 N–H and O–H groups in total. The van der Waals surface area contributed by atoms with E-state index in [4.69, 9.17) is 15.9 Å². The molecule has 0 radical (unpaired) electrons. The van der Waals surface area contributed by atoms with E-state index in [1.54, 1.807) is 0 Å². The highest BCUT2D eigenvalue weighted by molar-refractivity contribution is 6.62. The molecule has 0 spiro atoms. The summed E-state index contributed by atoms with van der Waals surface area (Å²) in [4.78, 5) is 3.64. The minimum atomic E-state index is -0.331. The summed E-state index contributed by atoms with van der Waals surface area (Å²) in [6, 6.07) is 7.97. The Bertz CT molecular complexity index is 500. The Morgan fingerprint density at radius 3 is 2.00 bits per heavy atom. The fourth-order valence-corrected chi connectivity index (χ4v) is 2.26. The zero-order valence-electron chi connectivity index (χ0n) is 12.9. The molecule has 0 aliphatic carbocycles. The molecule has 2 rings (SSSR count). The molecule has 1 unspecified atom stereocenters. The second kappa shape index (κ2) is 5.23. The Morgan fingerprint density at radius 1 is 1.10 bits per heavy atom. The summed E-state index contributed by atoms with van der Waals surface area (Å²) in [5.74, 6) is 0. The van der Waals surface area contributed by atoms with Crippen LogP contribution in [0.2, 0.25) is 0 Å². The van der Waals surface area contributed by atoms with Crippen LogP contribution in [0, 0.1) is 6.57 Å². The Labute approximate surface area is 122 Å². The predicted molar refractivity (Wildman–Crippen MR) is 81.8 cm³/mol. The molecule has 1 aromatic rings. The van der Waals surface area contributed by atoms with E-state index in [1.807, 2.05) is 58.9 Å². The van der Waals surface area contributed by atoms with Gasteiger partial charge >= 0.3 is 7.12 Å². The quantitative estimate of drug-likeness (QED) is 0.621. The van der Waals surface area contributed by atoms with E-state index < -0.39 is 0 Å². The van der Waals surface area contributed by atoms with E-state index in [1.165, 1.54) is 0 Å². The van der Waals surface area contributed by atoms with Crippen LogP contribution in [0.25, 0.3) is 4.85 Å². The summed E-state index contributed by atoms with van der Waals surface area (Å²) < 4.78 is 12.0.